The van der Waals surface area contributed by atoms with E-state index in [0.717, 1.165) is 12.3 Å². The van der Waals surface area contributed by atoms with Crippen molar-refractivity contribution in [2.45, 2.75) is 12.6 Å². The first-order valence-electron chi connectivity index (χ1n) is 7.36. The number of nitrogens with one attached hydrogen (secondary N) is 1. The smallest absolute Gasteiger partial charge is 0.323 e. The number of anilines is 1. The van der Waals surface area contributed by atoms with Crippen molar-refractivity contribution in [3.63, 3.8) is 0 Å². The zero-order chi connectivity index (χ0) is 18.8. The van der Waals surface area contributed by atoms with Gasteiger partial charge in [-0.2, -0.15) is 13.2 Å². The Balaban J connectivity index is 2.07. The highest BCUT2D eigenvalue weighted by atomic mass is 79.9. The number of nitrogens with zero attached hydrogens (tertiary/aromatic N) is 2. The van der Waals surface area contributed by atoms with Crippen LogP contribution in [0.4, 0.5) is 23.7 Å². The predicted octanol–water partition coefficient (Wildman–Crippen LogP) is 2.97. The van der Waals surface area contributed by atoms with Crippen LogP contribution in [0.25, 0.3) is 0 Å². The summed E-state index contributed by atoms with van der Waals surface area (Å²) in [6.07, 6.45) is -2.99. The summed E-state index contributed by atoms with van der Waals surface area (Å²) in [5.74, 6) is 0. The number of halogens is 4. The normalized spacial score (nSPS) is 17.2. The average Bonchev–Trinajstić information content (AvgIpc) is 2.73. The van der Waals surface area contributed by atoms with Gasteiger partial charge >= 0.3 is 12.2 Å². The van der Waals surface area contributed by atoms with Crippen LogP contribution < -0.4 is 5.32 Å². The Morgan fingerprint density at radius 3 is 2.48 bits per heavy atom. The van der Waals surface area contributed by atoms with Gasteiger partial charge in [-0.05, 0) is 24.6 Å². The molecule has 0 radical (unpaired) electrons. The van der Waals surface area contributed by atoms with E-state index in [9.17, 15) is 26.4 Å². The molecule has 1 heterocycles. The van der Waals surface area contributed by atoms with Crippen molar-refractivity contribution in [1.29, 1.82) is 0 Å². The van der Waals surface area contributed by atoms with Crippen LogP contribution in [0.1, 0.15) is 12.0 Å². The Labute approximate surface area is 152 Å². The number of amides is 2. The maximum atomic E-state index is 12.9. The fourth-order valence-electron chi connectivity index (χ4n) is 2.45. The number of benzene rings is 1. The van der Waals surface area contributed by atoms with E-state index in [1.54, 1.807) is 0 Å². The van der Waals surface area contributed by atoms with Crippen LogP contribution in [0.5, 0.6) is 0 Å². The molecule has 6 nitrogen and oxygen atoms in total. The van der Waals surface area contributed by atoms with E-state index in [1.807, 2.05) is 0 Å². The van der Waals surface area contributed by atoms with Gasteiger partial charge in [-0.3, -0.25) is 0 Å². The molecule has 0 unspecified atom stereocenters. The Kier molecular flexibility index (Phi) is 6.00. The van der Waals surface area contributed by atoms with Crippen molar-refractivity contribution in [2.24, 2.45) is 0 Å². The number of hydrogen-bond acceptors (Lipinski definition) is 3. The average molecular weight is 444 g/mol. The molecule has 1 saturated heterocycles. The molecule has 11 heteroatoms. The van der Waals surface area contributed by atoms with Gasteiger partial charge in [0.2, 0.25) is 10.0 Å². The fourth-order valence-corrected chi connectivity index (χ4v) is 3.80. The molecular formula is C14H17BrF3N3O3S. The topological polar surface area (TPSA) is 69.7 Å². The molecule has 1 aliphatic heterocycles. The molecule has 1 aliphatic rings. The molecule has 0 aliphatic carbocycles. The van der Waals surface area contributed by atoms with Gasteiger partial charge in [-0.15, -0.1) is 0 Å². The summed E-state index contributed by atoms with van der Waals surface area (Å²) < 4.78 is 63.0. The maximum Gasteiger partial charge on any atom is 0.417 e. The predicted molar refractivity (Wildman–Crippen MR) is 90.8 cm³/mol. The van der Waals surface area contributed by atoms with Crippen LogP contribution in [0.15, 0.2) is 22.7 Å². The lowest BCUT2D eigenvalue weighted by atomic mass is 10.2. The summed E-state index contributed by atoms with van der Waals surface area (Å²) in [5, 5.41) is 2.43. The van der Waals surface area contributed by atoms with E-state index < -0.39 is 27.8 Å². The number of sulfonamides is 1. The Morgan fingerprint density at radius 1 is 1.20 bits per heavy atom. The second-order valence-corrected chi connectivity index (χ2v) is 8.46. The molecule has 1 aromatic rings. The number of alkyl halides is 3. The molecule has 0 atom stereocenters. The zero-order valence-corrected chi connectivity index (χ0v) is 15.7. The third-order valence-corrected chi connectivity index (χ3v) is 5.73. The molecule has 140 valence electrons. The first-order chi connectivity index (χ1) is 11.5. The standard InChI is InChI=1S/C14H17BrF3N3O3S/c1-25(23,24)21-6-2-5-20(7-8-21)13(22)19-10-3-4-12(15)11(9-10)14(16,17)18/h3-4,9H,2,5-8H2,1H3,(H,19,22). The molecule has 1 N–H and O–H groups in total. The van der Waals surface area contributed by atoms with E-state index in [0.29, 0.717) is 19.5 Å². The SMILES string of the molecule is CS(=O)(=O)N1CCCN(C(=O)Nc2ccc(Br)c(C(F)(F)F)c2)CC1. The van der Waals surface area contributed by atoms with Crippen LogP contribution in [0.3, 0.4) is 0 Å². The number of carbonyl (C=O) groups excluding carboxylic acids is 1. The van der Waals surface area contributed by atoms with Gasteiger partial charge in [0, 0.05) is 36.3 Å². The van der Waals surface area contributed by atoms with Crippen LogP contribution in [-0.2, 0) is 16.2 Å². The summed E-state index contributed by atoms with van der Waals surface area (Å²) in [5.41, 5.74) is -0.867. The van der Waals surface area contributed by atoms with Crippen molar-refractivity contribution in [2.75, 3.05) is 37.8 Å². The summed E-state index contributed by atoms with van der Waals surface area (Å²) in [6.45, 7) is 0.946. The highest BCUT2D eigenvalue weighted by Crippen LogP contribution is 2.36. The van der Waals surface area contributed by atoms with Crippen molar-refractivity contribution in [3.05, 3.63) is 28.2 Å². The summed E-state index contributed by atoms with van der Waals surface area (Å²) in [4.78, 5) is 13.7. The van der Waals surface area contributed by atoms with Crippen molar-refractivity contribution in [3.8, 4) is 0 Å². The fraction of sp³-hybridized carbons (Fsp3) is 0.500. The lowest BCUT2D eigenvalue weighted by Crippen LogP contribution is -2.39. The molecule has 0 saturated carbocycles. The Morgan fingerprint density at radius 2 is 1.88 bits per heavy atom. The lowest BCUT2D eigenvalue weighted by Gasteiger charge is -2.22. The van der Waals surface area contributed by atoms with Gasteiger partial charge < -0.3 is 10.2 Å². The number of urea groups is 1. The maximum absolute atomic E-state index is 12.9. The largest absolute Gasteiger partial charge is 0.417 e. The Bertz CT molecular complexity index is 755. The van der Waals surface area contributed by atoms with E-state index >= 15 is 0 Å². The van der Waals surface area contributed by atoms with Gasteiger partial charge in [-0.1, -0.05) is 15.9 Å². The van der Waals surface area contributed by atoms with Crippen LogP contribution in [0, 0.1) is 0 Å². The summed E-state index contributed by atoms with van der Waals surface area (Å²) >= 11 is 2.84. The summed E-state index contributed by atoms with van der Waals surface area (Å²) in [7, 11) is -3.34. The Hall–Kier alpha value is -1.33. The van der Waals surface area contributed by atoms with Crippen molar-refractivity contribution >= 4 is 37.7 Å². The number of carbonyl (C=O) groups is 1. The molecule has 25 heavy (non-hydrogen) atoms. The second-order valence-electron chi connectivity index (χ2n) is 5.63. The molecule has 1 fully saturated rings. The van der Waals surface area contributed by atoms with Crippen LogP contribution >= 0.6 is 15.9 Å². The third-order valence-electron chi connectivity index (χ3n) is 3.73. The van der Waals surface area contributed by atoms with Gasteiger partial charge in [0.15, 0.2) is 0 Å². The third kappa shape index (κ3) is 5.32. The minimum absolute atomic E-state index is 0.0183. The number of rotatable bonds is 2. The molecule has 1 aromatic carbocycles. The molecule has 2 rings (SSSR count). The van der Waals surface area contributed by atoms with Crippen molar-refractivity contribution < 1.29 is 26.4 Å². The quantitative estimate of drug-likeness (QED) is 0.763. The van der Waals surface area contributed by atoms with Gasteiger partial charge in [0.1, 0.15) is 0 Å². The first kappa shape index (κ1) is 20.0. The lowest BCUT2D eigenvalue weighted by molar-refractivity contribution is -0.138. The monoisotopic (exact) mass is 443 g/mol. The van der Waals surface area contributed by atoms with Crippen LogP contribution in [0.2, 0.25) is 0 Å². The summed E-state index contributed by atoms with van der Waals surface area (Å²) in [6, 6.07) is 2.86. The minimum Gasteiger partial charge on any atom is -0.323 e. The highest BCUT2D eigenvalue weighted by molar-refractivity contribution is 9.10. The van der Waals surface area contributed by atoms with Gasteiger partial charge in [0.05, 0.1) is 11.8 Å². The first-order valence-corrected chi connectivity index (χ1v) is 10.0. The highest BCUT2D eigenvalue weighted by Gasteiger charge is 2.33. The zero-order valence-electron chi connectivity index (χ0n) is 13.3. The van der Waals surface area contributed by atoms with Gasteiger partial charge in [0.25, 0.3) is 0 Å². The number of hydrogen-bond donors (Lipinski definition) is 1. The molecule has 0 bridgehead atoms. The van der Waals surface area contributed by atoms with E-state index in [1.165, 1.54) is 21.3 Å². The second kappa shape index (κ2) is 7.50. The minimum atomic E-state index is -4.54. The molecule has 0 spiro atoms. The van der Waals surface area contributed by atoms with E-state index in [-0.39, 0.29) is 23.2 Å². The molecule has 2 amide bonds. The van der Waals surface area contributed by atoms with E-state index in [4.69, 9.17) is 0 Å². The van der Waals surface area contributed by atoms with Crippen molar-refractivity contribution in [1.82, 2.24) is 9.21 Å². The van der Waals surface area contributed by atoms with E-state index in [2.05, 4.69) is 21.2 Å². The van der Waals surface area contributed by atoms with Crippen LogP contribution in [-0.4, -0.2) is 56.1 Å². The molecule has 0 aromatic heterocycles. The van der Waals surface area contributed by atoms with Gasteiger partial charge in [-0.25, -0.2) is 17.5 Å². The molecular weight excluding hydrogens is 427 g/mol.